The average molecular weight is 258 g/mol. The molecule has 2 heterocycles. The molecule has 2 aromatic heterocycles. The number of aromatic nitrogens is 3. The van der Waals surface area contributed by atoms with E-state index in [2.05, 4.69) is 14.5 Å². The molecular weight excluding hydrogens is 240 g/mol. The number of anilines is 1. The van der Waals surface area contributed by atoms with Gasteiger partial charge in [-0.2, -0.15) is 0 Å². The second-order valence-corrected chi connectivity index (χ2v) is 4.93. The molecule has 1 aliphatic carbocycles. The lowest BCUT2D eigenvalue weighted by Crippen LogP contribution is -2.20. The van der Waals surface area contributed by atoms with Crippen molar-refractivity contribution in [1.82, 2.24) is 14.5 Å². The van der Waals surface area contributed by atoms with Crippen molar-refractivity contribution in [1.29, 1.82) is 0 Å². The van der Waals surface area contributed by atoms with Gasteiger partial charge in [0.25, 0.3) is 0 Å². The molecule has 0 aliphatic heterocycles. The first kappa shape index (κ1) is 12.2. The molecule has 5 heteroatoms. The van der Waals surface area contributed by atoms with Gasteiger partial charge < -0.3 is 15.0 Å². The number of nitrogens with two attached hydrogens (primary N) is 1. The van der Waals surface area contributed by atoms with Crippen LogP contribution < -0.4 is 5.73 Å². The number of nitrogen functional groups attached to an aromatic ring is 1. The monoisotopic (exact) mass is 258 g/mol. The van der Waals surface area contributed by atoms with E-state index < -0.39 is 0 Å². The van der Waals surface area contributed by atoms with Crippen LogP contribution in [0.1, 0.15) is 25.3 Å². The molecule has 0 radical (unpaired) electrons. The van der Waals surface area contributed by atoms with Crippen molar-refractivity contribution in [2.45, 2.75) is 31.4 Å². The number of hydrogen-bond acceptors (Lipinski definition) is 4. The highest BCUT2D eigenvalue weighted by Gasteiger charge is 2.29. The second kappa shape index (κ2) is 5.01. The molecule has 19 heavy (non-hydrogen) atoms. The van der Waals surface area contributed by atoms with E-state index in [9.17, 15) is 0 Å². The van der Waals surface area contributed by atoms with Gasteiger partial charge in [0, 0.05) is 18.9 Å². The van der Waals surface area contributed by atoms with Crippen LogP contribution in [0.25, 0.3) is 11.3 Å². The van der Waals surface area contributed by atoms with Crippen LogP contribution in [0.5, 0.6) is 0 Å². The molecule has 1 aliphatic rings. The molecule has 3 rings (SSSR count). The summed E-state index contributed by atoms with van der Waals surface area (Å²) >= 11 is 0. The number of methoxy groups -OCH3 is 1. The highest BCUT2D eigenvalue weighted by molar-refractivity contribution is 5.59. The number of hydrogen-bond donors (Lipinski definition) is 1. The fraction of sp³-hybridized carbons (Fsp3) is 0.429. The summed E-state index contributed by atoms with van der Waals surface area (Å²) in [5.74, 6) is 0.533. The fourth-order valence-electron chi connectivity index (χ4n) is 2.85. The van der Waals surface area contributed by atoms with Gasteiger partial charge in [0.05, 0.1) is 30.4 Å². The zero-order valence-corrected chi connectivity index (χ0v) is 11.0. The Labute approximate surface area is 112 Å². The van der Waals surface area contributed by atoms with Crippen LogP contribution in [-0.2, 0) is 4.74 Å². The molecule has 2 unspecified atom stereocenters. The molecule has 0 spiro atoms. The number of pyridine rings is 1. The van der Waals surface area contributed by atoms with E-state index in [1.807, 2.05) is 24.7 Å². The zero-order valence-electron chi connectivity index (χ0n) is 11.0. The van der Waals surface area contributed by atoms with Crippen molar-refractivity contribution in [2.24, 2.45) is 0 Å². The smallest absolute Gasteiger partial charge is 0.123 e. The van der Waals surface area contributed by atoms with Crippen molar-refractivity contribution in [2.75, 3.05) is 12.8 Å². The maximum atomic E-state index is 5.63. The summed E-state index contributed by atoms with van der Waals surface area (Å²) < 4.78 is 7.78. The van der Waals surface area contributed by atoms with Crippen molar-refractivity contribution in [3.8, 4) is 11.3 Å². The van der Waals surface area contributed by atoms with Gasteiger partial charge in [-0.3, -0.25) is 0 Å². The zero-order chi connectivity index (χ0) is 13.2. The Bertz CT molecular complexity index is 549. The maximum absolute atomic E-state index is 5.63. The molecule has 100 valence electrons. The maximum Gasteiger partial charge on any atom is 0.123 e. The summed E-state index contributed by atoms with van der Waals surface area (Å²) in [7, 11) is 1.78. The van der Waals surface area contributed by atoms with Crippen LogP contribution >= 0.6 is 0 Å². The molecule has 1 fully saturated rings. The quantitative estimate of drug-likeness (QED) is 0.917. The Hall–Kier alpha value is -1.88. The SMILES string of the molecule is COC1CCCC1n1cncc1-c1ccc(N)nc1. The van der Waals surface area contributed by atoms with E-state index in [4.69, 9.17) is 10.5 Å². The third-order valence-electron chi connectivity index (χ3n) is 3.83. The average Bonchev–Trinajstić information content (AvgIpc) is 3.07. The van der Waals surface area contributed by atoms with Crippen LogP contribution in [-0.4, -0.2) is 27.7 Å². The lowest BCUT2D eigenvalue weighted by Gasteiger charge is -2.21. The van der Waals surface area contributed by atoms with Crippen LogP contribution in [0.2, 0.25) is 0 Å². The number of ether oxygens (including phenoxy) is 1. The number of rotatable bonds is 3. The minimum Gasteiger partial charge on any atom is -0.384 e. The molecule has 2 aromatic rings. The van der Waals surface area contributed by atoms with E-state index in [-0.39, 0.29) is 6.10 Å². The lowest BCUT2D eigenvalue weighted by molar-refractivity contribution is 0.0754. The minimum atomic E-state index is 0.273. The molecule has 0 bridgehead atoms. The Kier molecular flexibility index (Phi) is 3.21. The van der Waals surface area contributed by atoms with Crippen molar-refractivity contribution in [3.05, 3.63) is 30.9 Å². The van der Waals surface area contributed by atoms with E-state index in [0.717, 1.165) is 24.1 Å². The van der Waals surface area contributed by atoms with Crippen LogP contribution in [0.3, 0.4) is 0 Å². The van der Waals surface area contributed by atoms with E-state index in [1.165, 1.54) is 6.42 Å². The van der Waals surface area contributed by atoms with Crippen molar-refractivity contribution in [3.63, 3.8) is 0 Å². The summed E-state index contributed by atoms with van der Waals surface area (Å²) in [6.07, 6.45) is 9.25. The fourth-order valence-corrected chi connectivity index (χ4v) is 2.85. The van der Waals surface area contributed by atoms with Gasteiger partial charge in [0.1, 0.15) is 5.82 Å². The molecule has 0 aromatic carbocycles. The van der Waals surface area contributed by atoms with Gasteiger partial charge >= 0.3 is 0 Å². The number of nitrogens with zero attached hydrogens (tertiary/aromatic N) is 3. The molecule has 1 saturated carbocycles. The summed E-state index contributed by atoms with van der Waals surface area (Å²) in [6, 6.07) is 4.15. The summed E-state index contributed by atoms with van der Waals surface area (Å²) in [5, 5.41) is 0. The van der Waals surface area contributed by atoms with Gasteiger partial charge in [0.15, 0.2) is 0 Å². The lowest BCUT2D eigenvalue weighted by atomic mass is 10.1. The van der Waals surface area contributed by atoms with Crippen molar-refractivity contribution >= 4 is 5.82 Å². The van der Waals surface area contributed by atoms with Gasteiger partial charge in [0.2, 0.25) is 0 Å². The van der Waals surface area contributed by atoms with Crippen LogP contribution in [0.15, 0.2) is 30.9 Å². The van der Waals surface area contributed by atoms with Gasteiger partial charge in [-0.05, 0) is 31.4 Å². The molecule has 0 saturated heterocycles. The highest BCUT2D eigenvalue weighted by atomic mass is 16.5. The molecule has 5 nitrogen and oxygen atoms in total. The predicted octanol–water partition coefficient (Wildman–Crippen LogP) is 2.27. The first-order valence-electron chi connectivity index (χ1n) is 6.56. The summed E-state index contributed by atoms with van der Waals surface area (Å²) in [6.45, 7) is 0. The third-order valence-corrected chi connectivity index (χ3v) is 3.83. The largest absolute Gasteiger partial charge is 0.384 e. The Morgan fingerprint density at radius 2 is 2.21 bits per heavy atom. The third kappa shape index (κ3) is 2.21. The van der Waals surface area contributed by atoms with Crippen LogP contribution in [0.4, 0.5) is 5.82 Å². The minimum absolute atomic E-state index is 0.273. The van der Waals surface area contributed by atoms with Crippen LogP contribution in [0, 0.1) is 0 Å². The highest BCUT2D eigenvalue weighted by Crippen LogP contribution is 2.35. The predicted molar refractivity (Wildman–Crippen MR) is 73.6 cm³/mol. The molecule has 2 N–H and O–H groups in total. The molecule has 2 atom stereocenters. The van der Waals surface area contributed by atoms with E-state index >= 15 is 0 Å². The Morgan fingerprint density at radius 1 is 1.32 bits per heavy atom. The first-order chi connectivity index (χ1) is 9.29. The summed E-state index contributed by atoms with van der Waals surface area (Å²) in [4.78, 5) is 8.43. The second-order valence-electron chi connectivity index (χ2n) is 4.93. The van der Waals surface area contributed by atoms with Crippen molar-refractivity contribution < 1.29 is 4.74 Å². The number of imidazole rings is 1. The molecular formula is C14H18N4O. The van der Waals surface area contributed by atoms with Gasteiger partial charge in [-0.15, -0.1) is 0 Å². The Balaban J connectivity index is 1.96. The Morgan fingerprint density at radius 3 is 2.95 bits per heavy atom. The first-order valence-corrected chi connectivity index (χ1v) is 6.56. The topological polar surface area (TPSA) is 66.0 Å². The summed E-state index contributed by atoms with van der Waals surface area (Å²) in [5.41, 5.74) is 7.74. The molecule has 0 amide bonds. The standard InChI is InChI=1S/C14H18N4O/c1-19-13-4-2-3-11(13)18-9-16-8-12(18)10-5-6-14(15)17-7-10/h5-9,11,13H,2-4H2,1H3,(H2,15,17). The van der Waals surface area contributed by atoms with Gasteiger partial charge in [-0.1, -0.05) is 0 Å². The van der Waals surface area contributed by atoms with E-state index in [0.29, 0.717) is 11.9 Å². The normalized spacial score (nSPS) is 22.8. The van der Waals surface area contributed by atoms with E-state index in [1.54, 1.807) is 13.3 Å². The van der Waals surface area contributed by atoms with Gasteiger partial charge in [-0.25, -0.2) is 9.97 Å².